The Bertz CT molecular complexity index is 600. The van der Waals surface area contributed by atoms with Gasteiger partial charge in [0.05, 0.1) is 0 Å². The molecule has 0 amide bonds. The van der Waals surface area contributed by atoms with Crippen LogP contribution < -0.4 is 0 Å². The Morgan fingerprint density at radius 2 is 1.89 bits per heavy atom. The van der Waals surface area contributed by atoms with Crippen molar-refractivity contribution in [3.63, 3.8) is 0 Å². The van der Waals surface area contributed by atoms with Crippen molar-refractivity contribution in [2.45, 2.75) is 19.9 Å². The highest BCUT2D eigenvalue weighted by molar-refractivity contribution is 5.93. The van der Waals surface area contributed by atoms with Crippen LogP contribution in [-0.2, 0) is 4.74 Å². The number of aromatic nitrogens is 1. The topological polar surface area (TPSA) is 34.5 Å². The van der Waals surface area contributed by atoms with Crippen molar-refractivity contribution in [1.82, 2.24) is 4.98 Å². The fourth-order valence-electron chi connectivity index (χ4n) is 2.38. The van der Waals surface area contributed by atoms with E-state index in [4.69, 9.17) is 4.74 Å². The highest BCUT2D eigenvalue weighted by Gasteiger charge is 2.22. The number of nitrogens with zero attached hydrogens (tertiary/aromatic N) is 2. The molecule has 3 heteroatoms. The molecule has 0 saturated carbocycles. The zero-order valence-corrected chi connectivity index (χ0v) is 11.1. The van der Waals surface area contributed by atoms with Crippen LogP contribution in [-0.4, -0.2) is 17.5 Å². The Hall–Kier alpha value is -2.16. The number of hydrogen-bond donors (Lipinski definition) is 0. The number of pyridine rings is 1. The van der Waals surface area contributed by atoms with E-state index in [2.05, 4.69) is 42.0 Å². The molecule has 3 rings (SSSR count). The highest BCUT2D eigenvalue weighted by atomic mass is 16.5. The summed E-state index contributed by atoms with van der Waals surface area (Å²) in [6.07, 6.45) is 1.76. The third-order valence-electron chi connectivity index (χ3n) is 3.16. The lowest BCUT2D eigenvalue weighted by Gasteiger charge is -2.07. The fourth-order valence-corrected chi connectivity index (χ4v) is 2.38. The quantitative estimate of drug-likeness (QED) is 0.822. The molecule has 19 heavy (non-hydrogen) atoms. The molecule has 3 nitrogen and oxygen atoms in total. The standard InChI is InChI=1S/C16H16N2O/c1-11-7-12(2)9-13(8-11)15-10-19-16(18-15)14-5-3-4-6-17-14/h3-9,15H,10H2,1-2H3. The fraction of sp³-hybridized carbons (Fsp3) is 0.250. The zero-order valence-electron chi connectivity index (χ0n) is 11.1. The molecule has 1 unspecified atom stereocenters. The van der Waals surface area contributed by atoms with Gasteiger partial charge in [0.2, 0.25) is 5.90 Å². The minimum Gasteiger partial charge on any atom is -0.474 e. The minimum atomic E-state index is 0.0793. The molecule has 2 aromatic rings. The molecule has 0 radical (unpaired) electrons. The van der Waals surface area contributed by atoms with Gasteiger partial charge in [-0.1, -0.05) is 35.4 Å². The maximum atomic E-state index is 5.67. The molecule has 0 saturated heterocycles. The maximum Gasteiger partial charge on any atom is 0.236 e. The first-order valence-corrected chi connectivity index (χ1v) is 6.42. The number of ether oxygens (including phenoxy) is 1. The molecule has 1 aromatic heterocycles. The summed E-state index contributed by atoms with van der Waals surface area (Å²) in [6.45, 7) is 4.81. The van der Waals surface area contributed by atoms with Gasteiger partial charge >= 0.3 is 0 Å². The lowest BCUT2D eigenvalue weighted by atomic mass is 10.0. The van der Waals surface area contributed by atoms with Crippen LogP contribution in [0, 0.1) is 13.8 Å². The summed E-state index contributed by atoms with van der Waals surface area (Å²) in [5, 5.41) is 0. The van der Waals surface area contributed by atoms with Gasteiger partial charge in [-0.05, 0) is 31.5 Å². The van der Waals surface area contributed by atoms with Crippen LogP contribution in [0.15, 0.2) is 47.6 Å². The third kappa shape index (κ3) is 2.50. The van der Waals surface area contributed by atoms with Crippen LogP contribution in [0.5, 0.6) is 0 Å². The molecule has 0 N–H and O–H groups in total. The Balaban J connectivity index is 1.90. The van der Waals surface area contributed by atoms with E-state index in [0.717, 1.165) is 5.69 Å². The van der Waals surface area contributed by atoms with E-state index in [-0.39, 0.29) is 6.04 Å². The van der Waals surface area contributed by atoms with Crippen molar-refractivity contribution >= 4 is 5.90 Å². The summed E-state index contributed by atoms with van der Waals surface area (Å²) in [6, 6.07) is 12.3. The molecular weight excluding hydrogens is 236 g/mol. The second-order valence-electron chi connectivity index (χ2n) is 4.90. The first kappa shape index (κ1) is 11.9. The number of aliphatic imine (C=N–C) groups is 1. The van der Waals surface area contributed by atoms with Crippen molar-refractivity contribution in [3.05, 3.63) is 65.0 Å². The molecule has 0 aliphatic carbocycles. The molecule has 2 heterocycles. The smallest absolute Gasteiger partial charge is 0.236 e. The van der Waals surface area contributed by atoms with Gasteiger partial charge in [-0.3, -0.25) is 4.98 Å². The average Bonchev–Trinajstić information content (AvgIpc) is 2.88. The van der Waals surface area contributed by atoms with Crippen molar-refractivity contribution in [2.75, 3.05) is 6.61 Å². The third-order valence-corrected chi connectivity index (χ3v) is 3.16. The Kier molecular flexibility index (Phi) is 3.03. The van der Waals surface area contributed by atoms with Crippen LogP contribution in [0.2, 0.25) is 0 Å². The first-order valence-electron chi connectivity index (χ1n) is 6.42. The van der Waals surface area contributed by atoms with Gasteiger partial charge < -0.3 is 4.74 Å². The Morgan fingerprint density at radius 3 is 2.58 bits per heavy atom. The van der Waals surface area contributed by atoms with Crippen molar-refractivity contribution in [2.24, 2.45) is 4.99 Å². The summed E-state index contributed by atoms with van der Waals surface area (Å²) >= 11 is 0. The summed E-state index contributed by atoms with van der Waals surface area (Å²) in [5.74, 6) is 0.643. The monoisotopic (exact) mass is 252 g/mol. The molecule has 0 fully saturated rings. The highest BCUT2D eigenvalue weighted by Crippen LogP contribution is 2.26. The minimum absolute atomic E-state index is 0.0793. The van der Waals surface area contributed by atoms with E-state index < -0.39 is 0 Å². The van der Waals surface area contributed by atoms with E-state index in [0.29, 0.717) is 12.5 Å². The lowest BCUT2D eigenvalue weighted by molar-refractivity contribution is 0.319. The van der Waals surface area contributed by atoms with Crippen LogP contribution in [0.1, 0.15) is 28.4 Å². The number of rotatable bonds is 2. The van der Waals surface area contributed by atoms with E-state index >= 15 is 0 Å². The van der Waals surface area contributed by atoms with Gasteiger partial charge in [0.1, 0.15) is 18.3 Å². The van der Waals surface area contributed by atoms with Crippen molar-refractivity contribution < 1.29 is 4.74 Å². The summed E-state index contributed by atoms with van der Waals surface area (Å²) < 4.78 is 5.67. The van der Waals surface area contributed by atoms with E-state index in [9.17, 15) is 0 Å². The predicted molar refractivity (Wildman–Crippen MR) is 75.4 cm³/mol. The molecule has 0 spiro atoms. The van der Waals surface area contributed by atoms with Crippen LogP contribution in [0.4, 0.5) is 0 Å². The Morgan fingerprint density at radius 1 is 1.11 bits per heavy atom. The lowest BCUT2D eigenvalue weighted by Crippen LogP contribution is -2.03. The van der Waals surface area contributed by atoms with Gasteiger partial charge in [0.25, 0.3) is 0 Å². The van der Waals surface area contributed by atoms with Crippen LogP contribution >= 0.6 is 0 Å². The van der Waals surface area contributed by atoms with Crippen molar-refractivity contribution in [3.8, 4) is 0 Å². The van der Waals surface area contributed by atoms with E-state index in [1.807, 2.05) is 18.2 Å². The first-order chi connectivity index (χ1) is 9.22. The van der Waals surface area contributed by atoms with E-state index in [1.54, 1.807) is 6.20 Å². The largest absolute Gasteiger partial charge is 0.474 e. The van der Waals surface area contributed by atoms with Gasteiger partial charge in [-0.15, -0.1) is 0 Å². The number of hydrogen-bond acceptors (Lipinski definition) is 3. The number of aryl methyl sites for hydroxylation is 2. The summed E-state index contributed by atoms with van der Waals surface area (Å²) in [5.41, 5.74) is 4.53. The summed E-state index contributed by atoms with van der Waals surface area (Å²) in [4.78, 5) is 8.91. The van der Waals surface area contributed by atoms with Gasteiger partial charge in [-0.25, -0.2) is 4.99 Å². The normalized spacial score (nSPS) is 18.0. The van der Waals surface area contributed by atoms with Gasteiger partial charge in [0.15, 0.2) is 0 Å². The maximum absolute atomic E-state index is 5.67. The average molecular weight is 252 g/mol. The second kappa shape index (κ2) is 4.84. The predicted octanol–water partition coefficient (Wildman–Crippen LogP) is 3.22. The van der Waals surface area contributed by atoms with Crippen LogP contribution in [0.25, 0.3) is 0 Å². The number of benzene rings is 1. The molecule has 0 bridgehead atoms. The second-order valence-corrected chi connectivity index (χ2v) is 4.90. The molecule has 96 valence electrons. The molecular formula is C16H16N2O. The zero-order chi connectivity index (χ0) is 13.2. The summed E-state index contributed by atoms with van der Waals surface area (Å²) in [7, 11) is 0. The van der Waals surface area contributed by atoms with Gasteiger partial charge in [0, 0.05) is 6.20 Å². The molecule has 1 aliphatic rings. The molecule has 1 aliphatic heterocycles. The SMILES string of the molecule is Cc1cc(C)cc(C2COC(c3ccccn3)=N2)c1. The Labute approximate surface area is 113 Å². The van der Waals surface area contributed by atoms with E-state index in [1.165, 1.54) is 16.7 Å². The van der Waals surface area contributed by atoms with Crippen LogP contribution in [0.3, 0.4) is 0 Å². The van der Waals surface area contributed by atoms with Crippen molar-refractivity contribution in [1.29, 1.82) is 0 Å². The van der Waals surface area contributed by atoms with Gasteiger partial charge in [-0.2, -0.15) is 0 Å². The molecule has 1 atom stereocenters. The molecule has 1 aromatic carbocycles.